The number of nitrogens with one attached hydrogen (secondary N) is 1. The lowest BCUT2D eigenvalue weighted by Gasteiger charge is -2.41. The molecule has 21 heavy (non-hydrogen) atoms. The highest BCUT2D eigenvalue weighted by atomic mass is 16.5. The van der Waals surface area contributed by atoms with Crippen LogP contribution in [0.4, 0.5) is 0 Å². The minimum absolute atomic E-state index is 0.320. The van der Waals surface area contributed by atoms with Crippen LogP contribution in [0.2, 0.25) is 0 Å². The Kier molecular flexibility index (Phi) is 4.77. The van der Waals surface area contributed by atoms with Crippen LogP contribution < -0.4 is 5.32 Å². The third kappa shape index (κ3) is 3.38. The topological polar surface area (TPSA) is 21.3 Å². The average Bonchev–Trinajstić information content (AvgIpc) is 2.92. The molecule has 0 bridgehead atoms. The molecule has 1 saturated heterocycles. The van der Waals surface area contributed by atoms with Gasteiger partial charge in [-0.1, -0.05) is 49.2 Å². The van der Waals surface area contributed by atoms with Crippen molar-refractivity contribution >= 4 is 0 Å². The fraction of sp³-hybridized carbons (Fsp3) is 0.579. The van der Waals surface area contributed by atoms with Crippen LogP contribution in [0.5, 0.6) is 0 Å². The molecule has 1 N–H and O–H groups in total. The zero-order valence-corrected chi connectivity index (χ0v) is 12.9. The molecule has 2 aliphatic rings. The quantitative estimate of drug-likeness (QED) is 0.823. The first-order chi connectivity index (χ1) is 10.3. The second-order valence-corrected chi connectivity index (χ2v) is 6.62. The molecule has 3 rings (SSSR count). The highest BCUT2D eigenvalue weighted by Gasteiger charge is 2.44. The molecule has 0 unspecified atom stereocenters. The molecule has 1 saturated carbocycles. The molecule has 1 heterocycles. The van der Waals surface area contributed by atoms with E-state index in [1.165, 1.54) is 44.1 Å². The second-order valence-electron chi connectivity index (χ2n) is 6.62. The zero-order chi connectivity index (χ0) is 14.5. The first-order valence-corrected chi connectivity index (χ1v) is 8.34. The van der Waals surface area contributed by atoms with Crippen LogP contribution in [-0.4, -0.2) is 18.2 Å². The van der Waals surface area contributed by atoms with E-state index < -0.39 is 0 Å². The molecule has 2 fully saturated rings. The number of benzene rings is 1. The van der Waals surface area contributed by atoms with Gasteiger partial charge in [-0.2, -0.15) is 0 Å². The molecule has 1 aliphatic heterocycles. The van der Waals surface area contributed by atoms with Crippen molar-refractivity contribution < 1.29 is 4.74 Å². The van der Waals surface area contributed by atoms with Crippen molar-refractivity contribution in [3.63, 3.8) is 0 Å². The van der Waals surface area contributed by atoms with Crippen molar-refractivity contribution in [3.8, 4) is 0 Å². The summed E-state index contributed by atoms with van der Waals surface area (Å²) in [6.07, 6.45) is 10.0. The van der Waals surface area contributed by atoms with Crippen LogP contribution in [0.1, 0.15) is 44.1 Å². The standard InChI is InChI=1S/C19H27NO/c1-2-17-10-6-7-12-19(17)13-11-18(20-19)15-21-14-16-8-4-3-5-9-16/h2-5,8-9,17-18,20H,1,6-7,10-15H2/t17-,18+,19-/m1/s1. The molecule has 1 aromatic rings. The highest BCUT2D eigenvalue weighted by molar-refractivity contribution is 5.13. The fourth-order valence-corrected chi connectivity index (χ4v) is 4.10. The van der Waals surface area contributed by atoms with Gasteiger partial charge in [0.2, 0.25) is 0 Å². The molecule has 2 heteroatoms. The Bertz CT molecular complexity index is 458. The molecule has 0 aromatic heterocycles. The van der Waals surface area contributed by atoms with Crippen LogP contribution in [-0.2, 0) is 11.3 Å². The normalized spacial score (nSPS) is 32.4. The fourth-order valence-electron chi connectivity index (χ4n) is 4.10. The Labute approximate surface area is 128 Å². The van der Waals surface area contributed by atoms with Crippen LogP contribution in [0.3, 0.4) is 0 Å². The van der Waals surface area contributed by atoms with E-state index in [1.807, 2.05) is 6.07 Å². The molecule has 114 valence electrons. The maximum absolute atomic E-state index is 5.92. The van der Waals surface area contributed by atoms with E-state index in [1.54, 1.807) is 0 Å². The predicted octanol–water partition coefficient (Wildman–Crippen LogP) is 4.07. The van der Waals surface area contributed by atoms with E-state index in [9.17, 15) is 0 Å². The largest absolute Gasteiger partial charge is 0.375 e. The Balaban J connectivity index is 1.49. The Hall–Kier alpha value is -1.12. The number of rotatable bonds is 5. The summed E-state index contributed by atoms with van der Waals surface area (Å²) in [7, 11) is 0. The van der Waals surface area contributed by atoms with Gasteiger partial charge >= 0.3 is 0 Å². The predicted molar refractivity (Wildman–Crippen MR) is 87.1 cm³/mol. The van der Waals surface area contributed by atoms with Crippen LogP contribution in [0.15, 0.2) is 43.0 Å². The van der Waals surface area contributed by atoms with Gasteiger partial charge in [-0.25, -0.2) is 0 Å². The third-order valence-electron chi connectivity index (χ3n) is 5.24. The van der Waals surface area contributed by atoms with Gasteiger partial charge in [-0.3, -0.25) is 0 Å². The molecular formula is C19H27NO. The molecule has 1 aliphatic carbocycles. The molecular weight excluding hydrogens is 258 g/mol. The van der Waals surface area contributed by atoms with E-state index >= 15 is 0 Å². The van der Waals surface area contributed by atoms with Crippen molar-refractivity contribution in [1.29, 1.82) is 0 Å². The van der Waals surface area contributed by atoms with Crippen LogP contribution in [0, 0.1) is 5.92 Å². The summed E-state index contributed by atoms with van der Waals surface area (Å²) in [6, 6.07) is 10.9. The first kappa shape index (κ1) is 14.8. The summed E-state index contributed by atoms with van der Waals surface area (Å²) in [5, 5.41) is 3.90. The van der Waals surface area contributed by atoms with E-state index in [2.05, 4.69) is 42.2 Å². The second kappa shape index (κ2) is 6.76. The summed E-state index contributed by atoms with van der Waals surface area (Å²) in [4.78, 5) is 0. The van der Waals surface area contributed by atoms with E-state index in [-0.39, 0.29) is 0 Å². The molecule has 3 atom stereocenters. The maximum Gasteiger partial charge on any atom is 0.0717 e. The third-order valence-corrected chi connectivity index (χ3v) is 5.24. The summed E-state index contributed by atoms with van der Waals surface area (Å²) in [5.41, 5.74) is 1.58. The monoisotopic (exact) mass is 285 g/mol. The lowest BCUT2D eigenvalue weighted by Crippen LogP contribution is -2.51. The van der Waals surface area contributed by atoms with E-state index in [0.29, 0.717) is 17.5 Å². The average molecular weight is 285 g/mol. The molecule has 0 amide bonds. The number of hydrogen-bond donors (Lipinski definition) is 1. The summed E-state index contributed by atoms with van der Waals surface area (Å²) >= 11 is 0. The van der Waals surface area contributed by atoms with Crippen molar-refractivity contribution in [2.45, 2.75) is 56.7 Å². The number of hydrogen-bond acceptors (Lipinski definition) is 2. The summed E-state index contributed by atoms with van der Waals surface area (Å²) in [5.74, 6) is 0.644. The Morgan fingerprint density at radius 1 is 1.19 bits per heavy atom. The van der Waals surface area contributed by atoms with Gasteiger partial charge in [0.15, 0.2) is 0 Å². The van der Waals surface area contributed by atoms with Gasteiger partial charge in [0.25, 0.3) is 0 Å². The van der Waals surface area contributed by atoms with Crippen LogP contribution >= 0.6 is 0 Å². The molecule has 1 spiro atoms. The lowest BCUT2D eigenvalue weighted by atomic mass is 9.72. The lowest BCUT2D eigenvalue weighted by molar-refractivity contribution is 0.0938. The van der Waals surface area contributed by atoms with Gasteiger partial charge in [0.05, 0.1) is 13.2 Å². The van der Waals surface area contributed by atoms with Crippen molar-refractivity contribution in [1.82, 2.24) is 5.32 Å². The van der Waals surface area contributed by atoms with Gasteiger partial charge in [-0.15, -0.1) is 6.58 Å². The van der Waals surface area contributed by atoms with E-state index in [0.717, 1.165) is 13.2 Å². The summed E-state index contributed by atoms with van der Waals surface area (Å²) < 4.78 is 5.92. The van der Waals surface area contributed by atoms with Gasteiger partial charge in [-0.05, 0) is 37.2 Å². The van der Waals surface area contributed by atoms with Gasteiger partial charge < -0.3 is 10.1 Å². The minimum atomic E-state index is 0.320. The minimum Gasteiger partial charge on any atom is -0.375 e. The van der Waals surface area contributed by atoms with Crippen molar-refractivity contribution in [2.75, 3.05) is 6.61 Å². The first-order valence-electron chi connectivity index (χ1n) is 8.34. The highest BCUT2D eigenvalue weighted by Crippen LogP contribution is 2.41. The molecule has 2 nitrogen and oxygen atoms in total. The smallest absolute Gasteiger partial charge is 0.0717 e. The van der Waals surface area contributed by atoms with Crippen LogP contribution in [0.25, 0.3) is 0 Å². The molecule has 0 radical (unpaired) electrons. The molecule has 1 aromatic carbocycles. The Morgan fingerprint density at radius 2 is 2.05 bits per heavy atom. The maximum atomic E-state index is 5.92. The number of ether oxygens (including phenoxy) is 1. The van der Waals surface area contributed by atoms with Crippen molar-refractivity contribution in [3.05, 3.63) is 48.6 Å². The van der Waals surface area contributed by atoms with Gasteiger partial charge in [0.1, 0.15) is 0 Å². The van der Waals surface area contributed by atoms with Gasteiger partial charge in [0, 0.05) is 11.6 Å². The van der Waals surface area contributed by atoms with Crippen molar-refractivity contribution in [2.24, 2.45) is 5.92 Å². The van der Waals surface area contributed by atoms with E-state index in [4.69, 9.17) is 4.74 Å². The summed E-state index contributed by atoms with van der Waals surface area (Å²) in [6.45, 7) is 5.60. The SMILES string of the molecule is C=C[C@@H]1CCCC[C@@]12CC[C@@H](COCc1ccccc1)N2. The Morgan fingerprint density at radius 3 is 2.86 bits per heavy atom. The zero-order valence-electron chi connectivity index (χ0n) is 12.9.